The van der Waals surface area contributed by atoms with Crippen molar-refractivity contribution in [3.63, 3.8) is 0 Å². The van der Waals surface area contributed by atoms with Crippen LogP contribution in [-0.4, -0.2) is 43.1 Å². The molecule has 4 aromatic rings. The summed E-state index contributed by atoms with van der Waals surface area (Å²) in [5, 5.41) is 10.3. The van der Waals surface area contributed by atoms with Crippen LogP contribution < -0.4 is 15.4 Å². The van der Waals surface area contributed by atoms with Crippen LogP contribution in [0.5, 0.6) is 0 Å². The summed E-state index contributed by atoms with van der Waals surface area (Å²) in [6.07, 6.45) is -0.137. The number of hydrogen-bond acceptors (Lipinski definition) is 8. The van der Waals surface area contributed by atoms with Gasteiger partial charge in [-0.2, -0.15) is 8.42 Å². The van der Waals surface area contributed by atoms with E-state index in [9.17, 15) is 18.0 Å². The predicted octanol–water partition coefficient (Wildman–Crippen LogP) is 4.45. The van der Waals surface area contributed by atoms with E-state index in [1.54, 1.807) is 23.5 Å². The van der Waals surface area contributed by atoms with E-state index >= 15 is 0 Å². The molecule has 0 bridgehead atoms. The molecule has 2 amide bonds. The number of rotatable bonds is 11. The van der Waals surface area contributed by atoms with Crippen LogP contribution in [0, 0.1) is 0 Å². The van der Waals surface area contributed by atoms with Crippen molar-refractivity contribution in [1.29, 1.82) is 0 Å². The zero-order chi connectivity index (χ0) is 27.8. The van der Waals surface area contributed by atoms with Gasteiger partial charge in [0.25, 0.3) is 0 Å². The lowest BCUT2D eigenvalue weighted by Gasteiger charge is -2.23. The zero-order valence-corrected chi connectivity index (χ0v) is 23.2. The molecule has 4 rings (SSSR count). The Balaban J connectivity index is 1.59. The fourth-order valence-electron chi connectivity index (χ4n) is 3.82. The van der Waals surface area contributed by atoms with E-state index in [-0.39, 0.29) is 12.1 Å². The molecule has 0 saturated heterocycles. The van der Waals surface area contributed by atoms with Gasteiger partial charge in [-0.15, -0.1) is 22.7 Å². The number of benzene rings is 2. The van der Waals surface area contributed by atoms with Gasteiger partial charge >= 0.3 is 16.4 Å². The number of alkyl carbamates (subject to hydrolysis) is 1. The summed E-state index contributed by atoms with van der Waals surface area (Å²) in [7, 11) is -3.16. The Morgan fingerprint density at radius 1 is 0.949 bits per heavy atom. The number of aromatic nitrogens is 1. The summed E-state index contributed by atoms with van der Waals surface area (Å²) in [5.41, 5.74) is 2.49. The monoisotopic (exact) mass is 586 g/mol. The van der Waals surface area contributed by atoms with Gasteiger partial charge < -0.3 is 15.4 Å². The number of nitrogens with zero attached hydrogens (tertiary/aromatic N) is 1. The molecule has 2 aromatic carbocycles. The van der Waals surface area contributed by atoms with Gasteiger partial charge in [0, 0.05) is 11.8 Å². The summed E-state index contributed by atoms with van der Waals surface area (Å²) in [6.45, 7) is 0. The summed E-state index contributed by atoms with van der Waals surface area (Å²) in [6, 6.07) is 18.2. The van der Waals surface area contributed by atoms with Crippen LogP contribution >= 0.6 is 22.7 Å². The maximum atomic E-state index is 13.5. The van der Waals surface area contributed by atoms with Crippen LogP contribution in [0.2, 0.25) is 0 Å². The van der Waals surface area contributed by atoms with Gasteiger partial charge in [-0.1, -0.05) is 48.5 Å². The molecule has 0 fully saturated rings. The third kappa shape index (κ3) is 8.35. The van der Waals surface area contributed by atoms with Gasteiger partial charge in [-0.25, -0.2) is 9.78 Å². The van der Waals surface area contributed by atoms with Crippen molar-refractivity contribution in [3.8, 4) is 9.88 Å². The van der Waals surface area contributed by atoms with E-state index in [2.05, 4.69) is 10.6 Å². The number of thiophene rings is 1. The van der Waals surface area contributed by atoms with E-state index < -0.39 is 34.4 Å². The lowest BCUT2D eigenvalue weighted by Crippen LogP contribution is -2.49. The standard InChI is InChI=1S/C26H26N4O6S3/c1-36-26(32)29-21(15-17-6-3-2-4-7-17)24(31)27-20(22-16-38-25(28-22)23-8-5-13-37-23)14-18-9-11-19(12-10-18)30-39(33,34)35/h2-13,16,20-21,30H,14-15H2,1H3,(H,27,31)(H,29,32)(H,33,34,35)/t20-,21-/m1/s1. The predicted molar refractivity (Wildman–Crippen MR) is 151 cm³/mol. The van der Waals surface area contributed by atoms with Crippen LogP contribution in [0.3, 0.4) is 0 Å². The van der Waals surface area contributed by atoms with E-state index in [1.165, 1.54) is 30.6 Å². The number of anilines is 1. The Morgan fingerprint density at radius 2 is 1.67 bits per heavy atom. The first-order valence-corrected chi connectivity index (χ1v) is 14.9. The third-order valence-corrected chi connectivity index (χ3v) is 8.04. The summed E-state index contributed by atoms with van der Waals surface area (Å²) in [5.74, 6) is -0.412. The molecule has 2 atom stereocenters. The van der Waals surface area contributed by atoms with Crippen LogP contribution in [0.1, 0.15) is 22.9 Å². The Kier molecular flexibility index (Phi) is 9.30. The molecule has 10 nitrogen and oxygen atoms in total. The number of nitrogens with one attached hydrogen (secondary N) is 3. The van der Waals surface area contributed by atoms with Crippen molar-refractivity contribution < 1.29 is 27.3 Å². The first-order chi connectivity index (χ1) is 18.7. The molecule has 0 aliphatic rings. The van der Waals surface area contributed by atoms with Gasteiger partial charge in [-0.05, 0) is 41.1 Å². The van der Waals surface area contributed by atoms with Gasteiger partial charge in [0.15, 0.2) is 0 Å². The second kappa shape index (κ2) is 12.8. The normalized spacial score (nSPS) is 12.8. The lowest BCUT2D eigenvalue weighted by molar-refractivity contribution is -0.123. The fourth-order valence-corrected chi connectivity index (χ4v) is 5.94. The molecular formula is C26H26N4O6S3. The van der Waals surface area contributed by atoms with Crippen LogP contribution in [0.4, 0.5) is 10.5 Å². The van der Waals surface area contributed by atoms with Crippen molar-refractivity contribution in [1.82, 2.24) is 15.6 Å². The van der Waals surface area contributed by atoms with Gasteiger partial charge in [-0.3, -0.25) is 14.1 Å². The molecule has 4 N–H and O–H groups in total. The third-order valence-electron chi connectivity index (χ3n) is 5.64. The second-order valence-corrected chi connectivity index (χ2v) is 11.4. The highest BCUT2D eigenvalue weighted by Crippen LogP contribution is 2.31. The van der Waals surface area contributed by atoms with Gasteiger partial charge in [0.05, 0.1) is 29.4 Å². The van der Waals surface area contributed by atoms with E-state index in [4.69, 9.17) is 14.3 Å². The molecular weight excluding hydrogens is 561 g/mol. The van der Waals surface area contributed by atoms with Crippen LogP contribution in [0.15, 0.2) is 77.5 Å². The number of ether oxygens (including phenoxy) is 1. The molecule has 0 unspecified atom stereocenters. The average Bonchev–Trinajstić information content (AvgIpc) is 3.61. The summed E-state index contributed by atoms with van der Waals surface area (Å²) >= 11 is 3.02. The summed E-state index contributed by atoms with van der Waals surface area (Å²) in [4.78, 5) is 31.3. The lowest BCUT2D eigenvalue weighted by atomic mass is 10.0. The molecule has 2 aromatic heterocycles. The van der Waals surface area contributed by atoms with Crippen LogP contribution in [-0.2, 0) is 32.7 Å². The Bertz CT molecular complexity index is 1490. The SMILES string of the molecule is COC(=O)N[C@H](Cc1ccccc1)C(=O)N[C@H](Cc1ccc(NS(=O)(=O)O)cc1)c1csc(-c2cccs2)n1. The first kappa shape index (κ1) is 28.2. The fraction of sp³-hybridized carbons (Fsp3) is 0.192. The van der Waals surface area contributed by atoms with Crippen molar-refractivity contribution in [2.45, 2.75) is 24.9 Å². The highest BCUT2D eigenvalue weighted by Gasteiger charge is 2.26. The minimum atomic E-state index is -4.40. The number of methoxy groups -OCH3 is 1. The number of hydrogen-bond donors (Lipinski definition) is 4. The van der Waals surface area contributed by atoms with Crippen molar-refractivity contribution >= 4 is 50.7 Å². The van der Waals surface area contributed by atoms with Crippen molar-refractivity contribution in [3.05, 3.63) is 94.3 Å². The van der Waals surface area contributed by atoms with E-state index in [0.717, 1.165) is 21.0 Å². The number of thiazole rings is 1. The maximum absolute atomic E-state index is 13.5. The molecule has 39 heavy (non-hydrogen) atoms. The van der Waals surface area contributed by atoms with Crippen molar-refractivity contribution in [2.75, 3.05) is 11.8 Å². The second-order valence-electron chi connectivity index (χ2n) is 8.47. The molecule has 0 spiro atoms. The minimum absolute atomic E-state index is 0.195. The molecule has 0 aliphatic carbocycles. The highest BCUT2D eigenvalue weighted by molar-refractivity contribution is 7.87. The molecule has 0 saturated carbocycles. The molecule has 2 heterocycles. The number of amides is 2. The number of carbonyl (C=O) groups excluding carboxylic acids is 2. The molecule has 13 heteroatoms. The average molecular weight is 587 g/mol. The van der Waals surface area contributed by atoms with Crippen molar-refractivity contribution in [2.24, 2.45) is 0 Å². The minimum Gasteiger partial charge on any atom is -0.453 e. The Hall–Kier alpha value is -3.78. The molecule has 0 aliphatic heterocycles. The topological polar surface area (TPSA) is 147 Å². The van der Waals surface area contributed by atoms with Gasteiger partial charge in [0.1, 0.15) is 11.0 Å². The first-order valence-electron chi connectivity index (χ1n) is 11.7. The number of carbonyl (C=O) groups is 2. The summed E-state index contributed by atoms with van der Waals surface area (Å²) < 4.78 is 38.0. The van der Waals surface area contributed by atoms with E-state index in [1.807, 2.05) is 57.9 Å². The molecule has 204 valence electrons. The Morgan fingerprint density at radius 3 is 2.31 bits per heavy atom. The van der Waals surface area contributed by atoms with Crippen LogP contribution in [0.25, 0.3) is 9.88 Å². The highest BCUT2D eigenvalue weighted by atomic mass is 32.2. The zero-order valence-electron chi connectivity index (χ0n) is 20.7. The maximum Gasteiger partial charge on any atom is 0.407 e. The quantitative estimate of drug-likeness (QED) is 0.190. The Labute approximate surface area is 234 Å². The largest absolute Gasteiger partial charge is 0.453 e. The van der Waals surface area contributed by atoms with Gasteiger partial charge in [0.2, 0.25) is 5.91 Å². The molecule has 0 radical (unpaired) electrons. The smallest absolute Gasteiger partial charge is 0.407 e. The van der Waals surface area contributed by atoms with E-state index in [0.29, 0.717) is 12.1 Å².